The lowest BCUT2D eigenvalue weighted by Crippen LogP contribution is -2.44. The molecule has 4 nitrogen and oxygen atoms in total. The Bertz CT molecular complexity index is 468. The zero-order valence-corrected chi connectivity index (χ0v) is 17.3. The molecule has 0 spiro atoms. The highest BCUT2D eigenvalue weighted by atomic mass is 32.2. The lowest BCUT2D eigenvalue weighted by atomic mass is 9.74. The van der Waals surface area contributed by atoms with E-state index < -0.39 is 10.8 Å². The highest BCUT2D eigenvalue weighted by molar-refractivity contribution is 7.84. The minimum atomic E-state index is -0.697. The van der Waals surface area contributed by atoms with Crippen molar-refractivity contribution >= 4 is 16.8 Å². The van der Waals surface area contributed by atoms with E-state index >= 15 is 0 Å². The van der Waals surface area contributed by atoms with Crippen LogP contribution in [-0.4, -0.2) is 41.5 Å². The predicted octanol–water partition coefficient (Wildman–Crippen LogP) is 3.95. The summed E-state index contributed by atoms with van der Waals surface area (Å²) in [6.45, 7) is 11.3. The summed E-state index contributed by atoms with van der Waals surface area (Å²) < 4.78 is 22.3. The fraction of sp³-hybridized carbons (Fsp3) is 0.950. The van der Waals surface area contributed by atoms with Crippen LogP contribution in [0.1, 0.15) is 66.2 Å². The molecule has 2 atom stereocenters. The maximum absolute atomic E-state index is 12.2. The van der Waals surface area contributed by atoms with Crippen molar-refractivity contribution in [1.29, 1.82) is 0 Å². The van der Waals surface area contributed by atoms with Gasteiger partial charge in [-0.25, -0.2) is 0 Å². The molecule has 0 aliphatic carbocycles. The Morgan fingerprint density at radius 2 is 1.48 bits per heavy atom. The van der Waals surface area contributed by atoms with Crippen LogP contribution in [0.15, 0.2) is 0 Å². The van der Waals surface area contributed by atoms with Gasteiger partial charge >= 0.3 is 5.97 Å². The van der Waals surface area contributed by atoms with Gasteiger partial charge in [-0.3, -0.25) is 9.00 Å². The van der Waals surface area contributed by atoms with Crippen LogP contribution in [0.4, 0.5) is 0 Å². The normalized spacial score (nSPS) is 22.9. The number of hydrogen-bond acceptors (Lipinski definition) is 4. The van der Waals surface area contributed by atoms with Crippen molar-refractivity contribution < 1.29 is 18.5 Å². The summed E-state index contributed by atoms with van der Waals surface area (Å²) in [5, 5.41) is 0. The first kappa shape index (κ1) is 20.9. The van der Waals surface area contributed by atoms with Crippen LogP contribution in [0.5, 0.6) is 0 Å². The molecule has 2 saturated heterocycles. The summed E-state index contributed by atoms with van der Waals surface area (Å²) in [6.07, 6.45) is 6.44. The quantitative estimate of drug-likeness (QED) is 0.384. The highest BCUT2D eigenvalue weighted by Gasteiger charge is 2.42. The Balaban J connectivity index is 1.50. The number of hydrogen-bond donors (Lipinski definition) is 0. The van der Waals surface area contributed by atoms with Gasteiger partial charge < -0.3 is 9.47 Å². The molecule has 2 aliphatic heterocycles. The van der Waals surface area contributed by atoms with Gasteiger partial charge in [0.25, 0.3) is 0 Å². The van der Waals surface area contributed by atoms with E-state index in [1.807, 2.05) is 0 Å². The number of unbranched alkanes of at least 4 members (excludes halogenated alkanes) is 2. The maximum atomic E-state index is 12.2. The largest absolute Gasteiger partial charge is 0.464 e. The van der Waals surface area contributed by atoms with Crippen molar-refractivity contribution in [1.82, 2.24) is 0 Å². The molecule has 0 radical (unpaired) electrons. The highest BCUT2D eigenvalue weighted by Crippen LogP contribution is 2.38. The van der Waals surface area contributed by atoms with Crippen molar-refractivity contribution in [2.45, 2.75) is 66.2 Å². The molecule has 0 bridgehead atoms. The molecule has 146 valence electrons. The number of carbonyl (C=O) groups is 1. The third kappa shape index (κ3) is 6.06. The fourth-order valence-corrected chi connectivity index (χ4v) is 4.89. The summed E-state index contributed by atoms with van der Waals surface area (Å²) in [7, 11) is -0.697. The second kappa shape index (κ2) is 8.98. The van der Waals surface area contributed by atoms with Crippen LogP contribution in [0.2, 0.25) is 0 Å². The average Bonchev–Trinajstić information content (AvgIpc) is 2.43. The van der Waals surface area contributed by atoms with Crippen molar-refractivity contribution in [3.63, 3.8) is 0 Å². The van der Waals surface area contributed by atoms with Crippen LogP contribution in [-0.2, 0) is 25.1 Å². The van der Waals surface area contributed by atoms with Gasteiger partial charge in [0, 0.05) is 28.2 Å². The van der Waals surface area contributed by atoms with Crippen LogP contribution < -0.4 is 0 Å². The molecule has 0 aromatic rings. The van der Waals surface area contributed by atoms with Crippen molar-refractivity contribution in [2.24, 2.45) is 22.7 Å². The van der Waals surface area contributed by atoms with Gasteiger partial charge in [0.15, 0.2) is 0 Å². The zero-order chi connectivity index (χ0) is 18.5. The number of ether oxygens (including phenoxy) is 2. The van der Waals surface area contributed by atoms with Crippen molar-refractivity contribution in [2.75, 3.05) is 31.3 Å². The smallest absolute Gasteiger partial charge is 0.312 e. The van der Waals surface area contributed by atoms with Crippen molar-refractivity contribution in [3.05, 3.63) is 0 Å². The topological polar surface area (TPSA) is 52.6 Å². The molecule has 5 heteroatoms. The Morgan fingerprint density at radius 1 is 0.920 bits per heavy atom. The summed E-state index contributed by atoms with van der Waals surface area (Å²) in [5.74, 6) is 2.34. The summed E-state index contributed by atoms with van der Waals surface area (Å²) in [4.78, 5) is 11.4. The lowest BCUT2D eigenvalue weighted by Gasteiger charge is -2.40. The monoisotopic (exact) mass is 372 g/mol. The van der Waals surface area contributed by atoms with Gasteiger partial charge in [-0.15, -0.1) is 0 Å². The summed E-state index contributed by atoms with van der Waals surface area (Å²) in [6, 6.07) is 0. The Hall–Kier alpha value is -0.420. The molecular formula is C20H36O4S. The minimum absolute atomic E-state index is 0.00759. The van der Waals surface area contributed by atoms with E-state index in [4.69, 9.17) is 9.47 Å². The van der Waals surface area contributed by atoms with Crippen LogP contribution in [0.25, 0.3) is 0 Å². The summed E-state index contributed by atoms with van der Waals surface area (Å²) >= 11 is 0. The first-order chi connectivity index (χ1) is 11.7. The number of esters is 1. The Kier molecular flexibility index (Phi) is 7.51. The first-order valence-electron chi connectivity index (χ1n) is 9.82. The molecule has 2 unspecified atom stereocenters. The zero-order valence-electron chi connectivity index (χ0n) is 16.5. The molecule has 2 rings (SSSR count). The van der Waals surface area contributed by atoms with E-state index in [-0.39, 0.29) is 17.3 Å². The molecule has 0 N–H and O–H groups in total. The fourth-order valence-electron chi connectivity index (χ4n) is 3.63. The third-order valence-electron chi connectivity index (χ3n) is 6.25. The molecule has 2 aliphatic rings. The van der Waals surface area contributed by atoms with Gasteiger partial charge in [0.1, 0.15) is 6.61 Å². The van der Waals surface area contributed by atoms with Gasteiger partial charge in [0.05, 0.1) is 19.1 Å². The van der Waals surface area contributed by atoms with Crippen LogP contribution >= 0.6 is 0 Å². The first-order valence-corrected chi connectivity index (χ1v) is 11.3. The SMILES string of the molecule is CC(C)(CCCCS(=O)CCCCC(C)(C)C1COC1=O)C1COC1. The molecule has 2 fully saturated rings. The number of rotatable bonds is 12. The maximum Gasteiger partial charge on any atom is 0.312 e. The number of carbonyl (C=O) groups excluding carboxylic acids is 1. The Labute approximate surface area is 155 Å². The molecular weight excluding hydrogens is 336 g/mol. The molecule has 25 heavy (non-hydrogen) atoms. The summed E-state index contributed by atoms with van der Waals surface area (Å²) in [5.41, 5.74) is 0.363. The second-order valence-electron chi connectivity index (χ2n) is 9.16. The third-order valence-corrected chi connectivity index (χ3v) is 7.74. The van der Waals surface area contributed by atoms with Crippen LogP contribution in [0, 0.1) is 22.7 Å². The lowest BCUT2D eigenvalue weighted by molar-refractivity contribution is -0.178. The van der Waals surface area contributed by atoms with E-state index in [1.165, 1.54) is 6.42 Å². The van der Waals surface area contributed by atoms with Gasteiger partial charge in [0.2, 0.25) is 0 Å². The van der Waals surface area contributed by atoms with E-state index in [0.29, 0.717) is 17.9 Å². The predicted molar refractivity (Wildman–Crippen MR) is 102 cm³/mol. The van der Waals surface area contributed by atoms with Gasteiger partial charge in [-0.1, -0.05) is 40.5 Å². The van der Waals surface area contributed by atoms with Crippen molar-refractivity contribution in [3.8, 4) is 0 Å². The van der Waals surface area contributed by atoms with E-state index in [2.05, 4.69) is 27.7 Å². The molecule has 0 aromatic carbocycles. The standard InChI is InChI=1S/C20H36O4S/c1-19(2,16-13-23-14-16)9-5-7-11-25(22)12-8-6-10-20(3,4)17-15-24-18(17)21/h16-17H,5-15H2,1-4H3. The number of cyclic esters (lactones) is 1. The van der Waals surface area contributed by atoms with E-state index in [9.17, 15) is 9.00 Å². The van der Waals surface area contributed by atoms with E-state index in [1.54, 1.807) is 0 Å². The average molecular weight is 373 g/mol. The van der Waals surface area contributed by atoms with Gasteiger partial charge in [-0.05, 0) is 36.5 Å². The second-order valence-corrected chi connectivity index (χ2v) is 10.9. The van der Waals surface area contributed by atoms with Crippen LogP contribution in [0.3, 0.4) is 0 Å². The molecule has 0 saturated carbocycles. The molecule has 0 aromatic heterocycles. The Morgan fingerprint density at radius 3 is 1.88 bits per heavy atom. The van der Waals surface area contributed by atoms with E-state index in [0.717, 1.165) is 56.8 Å². The minimum Gasteiger partial charge on any atom is -0.464 e. The molecule has 2 heterocycles. The molecule has 0 amide bonds. The van der Waals surface area contributed by atoms with Gasteiger partial charge in [-0.2, -0.15) is 0 Å².